The van der Waals surface area contributed by atoms with Crippen molar-refractivity contribution < 1.29 is 9.47 Å². The molecule has 1 unspecified atom stereocenters. The van der Waals surface area contributed by atoms with Crippen LogP contribution in [0, 0.1) is 6.92 Å². The van der Waals surface area contributed by atoms with Crippen LogP contribution in [-0.2, 0) is 4.74 Å². The van der Waals surface area contributed by atoms with Gasteiger partial charge in [-0.15, -0.1) is 0 Å². The number of ether oxygens (including phenoxy) is 2. The van der Waals surface area contributed by atoms with Crippen LogP contribution in [0.15, 0.2) is 54.6 Å². The van der Waals surface area contributed by atoms with Gasteiger partial charge in [0.05, 0.1) is 19.3 Å². The molecule has 2 N–H and O–H groups in total. The minimum absolute atomic E-state index is 0.0904. The first kappa shape index (κ1) is 14.6. The van der Waals surface area contributed by atoms with Crippen LogP contribution in [0.4, 0.5) is 0 Å². The summed E-state index contributed by atoms with van der Waals surface area (Å²) in [6, 6.07) is 17.8. The molecule has 0 bridgehead atoms. The molecule has 0 heterocycles. The van der Waals surface area contributed by atoms with Crippen molar-refractivity contribution in [3.05, 3.63) is 65.7 Å². The van der Waals surface area contributed by atoms with Crippen molar-refractivity contribution in [1.29, 1.82) is 0 Å². The highest BCUT2D eigenvalue weighted by molar-refractivity contribution is 5.24. The fourth-order valence-corrected chi connectivity index (χ4v) is 1.86. The second-order valence-electron chi connectivity index (χ2n) is 4.75. The SMILES string of the molecule is Cc1ccc(C(N)COCCOc2ccccc2)cc1. The normalized spacial score (nSPS) is 12.1. The highest BCUT2D eigenvalue weighted by Gasteiger charge is 2.05. The van der Waals surface area contributed by atoms with Crippen LogP contribution >= 0.6 is 0 Å². The Balaban J connectivity index is 1.64. The molecule has 0 aromatic heterocycles. The molecular formula is C17H21NO2. The molecule has 2 rings (SSSR count). The van der Waals surface area contributed by atoms with Crippen molar-refractivity contribution in [3.8, 4) is 5.75 Å². The average Bonchev–Trinajstić information content (AvgIpc) is 2.48. The van der Waals surface area contributed by atoms with E-state index in [1.54, 1.807) is 0 Å². The molecule has 3 nitrogen and oxygen atoms in total. The Morgan fingerprint density at radius 1 is 0.950 bits per heavy atom. The van der Waals surface area contributed by atoms with Crippen LogP contribution in [0.25, 0.3) is 0 Å². The van der Waals surface area contributed by atoms with E-state index in [1.807, 2.05) is 42.5 Å². The van der Waals surface area contributed by atoms with Crippen LogP contribution in [0.3, 0.4) is 0 Å². The molecule has 0 aliphatic carbocycles. The highest BCUT2D eigenvalue weighted by Crippen LogP contribution is 2.12. The fraction of sp³-hybridized carbons (Fsp3) is 0.294. The molecule has 0 radical (unpaired) electrons. The Hall–Kier alpha value is -1.84. The van der Waals surface area contributed by atoms with Gasteiger partial charge >= 0.3 is 0 Å². The first-order chi connectivity index (χ1) is 9.75. The van der Waals surface area contributed by atoms with Crippen molar-refractivity contribution in [2.75, 3.05) is 19.8 Å². The maximum Gasteiger partial charge on any atom is 0.119 e. The third kappa shape index (κ3) is 4.68. The summed E-state index contributed by atoms with van der Waals surface area (Å²) in [5.74, 6) is 0.860. The van der Waals surface area contributed by atoms with E-state index in [1.165, 1.54) is 5.56 Å². The second-order valence-corrected chi connectivity index (χ2v) is 4.75. The van der Waals surface area contributed by atoms with E-state index in [-0.39, 0.29) is 6.04 Å². The zero-order chi connectivity index (χ0) is 14.2. The van der Waals surface area contributed by atoms with Gasteiger partial charge in [0.2, 0.25) is 0 Å². The van der Waals surface area contributed by atoms with Crippen LogP contribution in [-0.4, -0.2) is 19.8 Å². The lowest BCUT2D eigenvalue weighted by molar-refractivity contribution is 0.0903. The molecule has 0 saturated heterocycles. The molecule has 106 valence electrons. The molecule has 1 atom stereocenters. The lowest BCUT2D eigenvalue weighted by atomic mass is 10.1. The molecule has 0 saturated carbocycles. The third-order valence-electron chi connectivity index (χ3n) is 3.04. The minimum Gasteiger partial charge on any atom is -0.491 e. The number of nitrogens with two attached hydrogens (primary N) is 1. The molecule has 0 aliphatic heterocycles. The van der Waals surface area contributed by atoms with Crippen molar-refractivity contribution in [2.24, 2.45) is 5.73 Å². The maximum absolute atomic E-state index is 6.07. The molecular weight excluding hydrogens is 250 g/mol. The predicted octanol–water partition coefficient (Wildman–Crippen LogP) is 3.09. The summed E-state index contributed by atoms with van der Waals surface area (Å²) in [7, 11) is 0. The van der Waals surface area contributed by atoms with Gasteiger partial charge in [-0.05, 0) is 24.6 Å². The fourth-order valence-electron chi connectivity index (χ4n) is 1.86. The zero-order valence-electron chi connectivity index (χ0n) is 11.8. The molecule has 0 spiro atoms. The van der Waals surface area contributed by atoms with E-state index in [4.69, 9.17) is 15.2 Å². The van der Waals surface area contributed by atoms with Crippen LogP contribution < -0.4 is 10.5 Å². The highest BCUT2D eigenvalue weighted by atomic mass is 16.5. The summed E-state index contributed by atoms with van der Waals surface area (Å²) in [6.45, 7) is 3.63. The Labute approximate surface area is 120 Å². The van der Waals surface area contributed by atoms with E-state index in [0.29, 0.717) is 19.8 Å². The van der Waals surface area contributed by atoms with Crippen LogP contribution in [0.5, 0.6) is 5.75 Å². The molecule has 0 amide bonds. The van der Waals surface area contributed by atoms with Gasteiger partial charge in [-0.25, -0.2) is 0 Å². The lowest BCUT2D eigenvalue weighted by Crippen LogP contribution is -2.19. The molecule has 0 fully saturated rings. The number of hydrogen-bond donors (Lipinski definition) is 1. The Morgan fingerprint density at radius 2 is 1.65 bits per heavy atom. The van der Waals surface area contributed by atoms with E-state index >= 15 is 0 Å². The van der Waals surface area contributed by atoms with Crippen molar-refractivity contribution >= 4 is 0 Å². The Bertz CT molecular complexity index is 496. The standard InChI is InChI=1S/C17H21NO2/c1-14-7-9-15(10-8-14)17(18)13-19-11-12-20-16-5-3-2-4-6-16/h2-10,17H,11-13,18H2,1H3. The monoisotopic (exact) mass is 271 g/mol. The average molecular weight is 271 g/mol. The van der Waals surface area contributed by atoms with Crippen molar-refractivity contribution in [2.45, 2.75) is 13.0 Å². The Morgan fingerprint density at radius 3 is 2.35 bits per heavy atom. The molecule has 2 aromatic rings. The van der Waals surface area contributed by atoms with Gasteiger partial charge in [0.15, 0.2) is 0 Å². The third-order valence-corrected chi connectivity index (χ3v) is 3.04. The van der Waals surface area contributed by atoms with E-state index in [2.05, 4.69) is 19.1 Å². The number of para-hydroxylation sites is 1. The van der Waals surface area contributed by atoms with Gasteiger partial charge in [0, 0.05) is 0 Å². The number of hydrogen-bond acceptors (Lipinski definition) is 3. The second kappa shape index (κ2) is 7.68. The lowest BCUT2D eigenvalue weighted by Gasteiger charge is -2.13. The quantitative estimate of drug-likeness (QED) is 0.787. The summed E-state index contributed by atoms with van der Waals surface area (Å²) >= 11 is 0. The van der Waals surface area contributed by atoms with Crippen molar-refractivity contribution in [3.63, 3.8) is 0 Å². The first-order valence-corrected chi connectivity index (χ1v) is 6.83. The van der Waals surface area contributed by atoms with Gasteiger partial charge in [0.25, 0.3) is 0 Å². The Kier molecular flexibility index (Phi) is 5.59. The van der Waals surface area contributed by atoms with Crippen molar-refractivity contribution in [1.82, 2.24) is 0 Å². The summed E-state index contributed by atoms with van der Waals surface area (Å²) in [5.41, 5.74) is 8.40. The summed E-state index contributed by atoms with van der Waals surface area (Å²) in [5, 5.41) is 0. The molecule has 3 heteroatoms. The number of aryl methyl sites for hydroxylation is 1. The number of benzene rings is 2. The van der Waals surface area contributed by atoms with E-state index in [0.717, 1.165) is 11.3 Å². The van der Waals surface area contributed by atoms with Gasteiger partial charge in [-0.3, -0.25) is 0 Å². The molecule has 2 aromatic carbocycles. The zero-order valence-corrected chi connectivity index (χ0v) is 11.8. The molecule has 0 aliphatic rings. The van der Waals surface area contributed by atoms with Crippen LogP contribution in [0.1, 0.15) is 17.2 Å². The van der Waals surface area contributed by atoms with Gasteiger partial charge in [-0.1, -0.05) is 48.0 Å². The largest absolute Gasteiger partial charge is 0.491 e. The summed E-state index contributed by atoms with van der Waals surface area (Å²) in [6.07, 6.45) is 0. The van der Waals surface area contributed by atoms with Gasteiger partial charge in [0.1, 0.15) is 12.4 Å². The minimum atomic E-state index is -0.0904. The van der Waals surface area contributed by atoms with E-state index in [9.17, 15) is 0 Å². The molecule has 20 heavy (non-hydrogen) atoms. The van der Waals surface area contributed by atoms with Crippen LogP contribution in [0.2, 0.25) is 0 Å². The van der Waals surface area contributed by atoms with E-state index < -0.39 is 0 Å². The summed E-state index contributed by atoms with van der Waals surface area (Å²) in [4.78, 5) is 0. The maximum atomic E-state index is 6.07. The smallest absolute Gasteiger partial charge is 0.119 e. The van der Waals surface area contributed by atoms with Gasteiger partial charge in [-0.2, -0.15) is 0 Å². The number of rotatable bonds is 7. The van der Waals surface area contributed by atoms with Gasteiger partial charge < -0.3 is 15.2 Å². The topological polar surface area (TPSA) is 44.5 Å². The predicted molar refractivity (Wildman–Crippen MR) is 80.9 cm³/mol. The summed E-state index contributed by atoms with van der Waals surface area (Å²) < 4.78 is 11.1. The first-order valence-electron chi connectivity index (χ1n) is 6.83.